The Morgan fingerprint density at radius 3 is 2.50 bits per heavy atom. The topological polar surface area (TPSA) is 126 Å². The number of likely N-dealkylation sites (tertiary alicyclic amines) is 1. The molecule has 11 nitrogen and oxygen atoms in total. The monoisotopic (exact) mass is 750 g/mol. The van der Waals surface area contributed by atoms with Crippen LogP contribution in [-0.4, -0.2) is 106 Å². The van der Waals surface area contributed by atoms with Crippen LogP contribution in [-0.2, 0) is 16.0 Å². The standard InChI is InChI=1S/C37H41F3N6O4.C2H6.CH2O/c1-3-25-27(39)5-4-22-16-24(47)17-26(29(22)25)33-31(40)32-30(28-6-11-41-46(28)33)34(45-14-15-49-20-36(2,48)18-45)43-35(42-32)50-21-37(9-10-37)19-44-12-7-23(38)8-13-44;2*1-2/h4-6,11,16-17,23,47-48H,3,7-10,12-15,18-21H2,1-2H3;1-2H3;1H2. The molecule has 0 radical (unpaired) electrons. The fraction of sp³-hybridized carbons (Fsp3) is 0.500. The number of pyridine rings is 1. The predicted molar refractivity (Wildman–Crippen MR) is 202 cm³/mol. The molecule has 5 heterocycles. The van der Waals surface area contributed by atoms with E-state index in [9.17, 15) is 14.6 Å². The van der Waals surface area contributed by atoms with Crippen LogP contribution >= 0.6 is 0 Å². The summed E-state index contributed by atoms with van der Waals surface area (Å²) in [7, 11) is 0. The van der Waals surface area contributed by atoms with E-state index in [2.05, 4.69) is 15.0 Å². The molecule has 290 valence electrons. The smallest absolute Gasteiger partial charge is 0.319 e. The fourth-order valence-electron chi connectivity index (χ4n) is 7.72. The molecular weight excluding hydrogens is 701 g/mol. The Labute approximate surface area is 312 Å². The molecule has 54 heavy (non-hydrogen) atoms. The Bertz CT molecular complexity index is 2120. The molecule has 1 saturated carbocycles. The highest BCUT2D eigenvalue weighted by Crippen LogP contribution is 2.47. The number of aromatic hydroxyl groups is 1. The summed E-state index contributed by atoms with van der Waals surface area (Å²) in [5, 5.41) is 27.8. The number of aromatic nitrogens is 4. The van der Waals surface area contributed by atoms with Crippen molar-refractivity contribution in [3.05, 3.63) is 53.7 Å². The Hall–Kier alpha value is -4.53. The number of nitrogens with zero attached hydrogens (tertiary/aromatic N) is 6. The highest BCUT2D eigenvalue weighted by Gasteiger charge is 2.45. The first-order valence-corrected chi connectivity index (χ1v) is 18.7. The third-order valence-corrected chi connectivity index (χ3v) is 10.4. The summed E-state index contributed by atoms with van der Waals surface area (Å²) >= 11 is 0. The lowest BCUT2D eigenvalue weighted by molar-refractivity contribution is -0.0980. The van der Waals surface area contributed by atoms with Gasteiger partial charge in [-0.05, 0) is 79.6 Å². The Kier molecular flexibility index (Phi) is 11.6. The normalized spacial score (nSPS) is 20.3. The van der Waals surface area contributed by atoms with E-state index >= 15 is 8.78 Å². The Balaban J connectivity index is 0.00000120. The van der Waals surface area contributed by atoms with Gasteiger partial charge < -0.3 is 34.3 Å². The summed E-state index contributed by atoms with van der Waals surface area (Å²) in [6, 6.07) is 7.60. The van der Waals surface area contributed by atoms with Gasteiger partial charge in [-0.1, -0.05) is 26.8 Å². The molecule has 2 aromatic carbocycles. The van der Waals surface area contributed by atoms with Crippen LogP contribution in [0.3, 0.4) is 0 Å². The largest absolute Gasteiger partial charge is 0.508 e. The number of aliphatic hydroxyl groups is 1. The van der Waals surface area contributed by atoms with Crippen molar-refractivity contribution in [3.63, 3.8) is 0 Å². The van der Waals surface area contributed by atoms with Gasteiger partial charge in [-0.15, -0.1) is 0 Å². The van der Waals surface area contributed by atoms with Crippen molar-refractivity contribution in [3.8, 4) is 23.0 Å². The molecular formula is C40H49F3N6O5. The molecule has 1 atom stereocenters. The maximum absolute atomic E-state index is 17.4. The highest BCUT2D eigenvalue weighted by molar-refractivity contribution is 6.07. The maximum atomic E-state index is 17.4. The number of benzene rings is 2. The van der Waals surface area contributed by atoms with Gasteiger partial charge in [0.2, 0.25) is 0 Å². The fourth-order valence-corrected chi connectivity index (χ4v) is 7.72. The third kappa shape index (κ3) is 7.69. The second-order valence-corrected chi connectivity index (χ2v) is 14.5. The molecule has 2 saturated heterocycles. The molecule has 1 unspecified atom stereocenters. The van der Waals surface area contributed by atoms with E-state index in [0.717, 1.165) is 19.4 Å². The number of carbonyl (C=O) groups excluding carboxylic acids is 1. The van der Waals surface area contributed by atoms with E-state index in [1.54, 1.807) is 25.3 Å². The first-order chi connectivity index (χ1) is 26.0. The summed E-state index contributed by atoms with van der Waals surface area (Å²) < 4.78 is 59.9. The lowest BCUT2D eigenvalue weighted by Crippen LogP contribution is -2.42. The van der Waals surface area contributed by atoms with E-state index < -0.39 is 23.4 Å². The minimum absolute atomic E-state index is 0.00965. The molecule has 5 aromatic rings. The minimum atomic E-state index is -1.21. The van der Waals surface area contributed by atoms with Crippen LogP contribution in [0.25, 0.3) is 38.4 Å². The zero-order chi connectivity index (χ0) is 38.8. The van der Waals surface area contributed by atoms with Crippen LogP contribution < -0.4 is 9.64 Å². The number of aryl methyl sites for hydroxylation is 1. The molecule has 3 aromatic heterocycles. The number of ether oxygens (including phenoxy) is 2. The van der Waals surface area contributed by atoms with Gasteiger partial charge in [-0.2, -0.15) is 15.1 Å². The van der Waals surface area contributed by atoms with E-state index in [1.165, 1.54) is 22.7 Å². The molecule has 0 bridgehead atoms. The van der Waals surface area contributed by atoms with Crippen LogP contribution in [0.1, 0.15) is 58.9 Å². The zero-order valence-electron chi connectivity index (χ0n) is 31.4. The van der Waals surface area contributed by atoms with Crippen LogP contribution in [0.5, 0.6) is 11.8 Å². The van der Waals surface area contributed by atoms with Crippen LogP contribution in [0.4, 0.5) is 19.0 Å². The van der Waals surface area contributed by atoms with E-state index in [-0.39, 0.29) is 47.1 Å². The average Bonchev–Trinajstić information content (AvgIpc) is 3.82. The van der Waals surface area contributed by atoms with Crippen LogP contribution in [0.2, 0.25) is 0 Å². The number of phenols is 1. The van der Waals surface area contributed by atoms with Crippen molar-refractivity contribution >= 4 is 39.8 Å². The maximum Gasteiger partial charge on any atom is 0.319 e. The molecule has 14 heteroatoms. The lowest BCUT2D eigenvalue weighted by atomic mass is 9.94. The SMILES string of the molecule is C=O.CC.CCc1c(F)ccc2cc(O)cc(-c3c(F)c4nc(OCC5(CN6CCC(F)CC6)CC5)nc(N5CCOCC(C)(O)C5)c4c4ccnn34)c12. The number of hydrogen-bond acceptors (Lipinski definition) is 10. The van der Waals surface area contributed by atoms with E-state index in [0.29, 0.717) is 85.2 Å². The van der Waals surface area contributed by atoms with Gasteiger partial charge in [0, 0.05) is 37.2 Å². The molecule has 2 N–H and O–H groups in total. The summed E-state index contributed by atoms with van der Waals surface area (Å²) in [5.41, 5.74) is -0.204. The second-order valence-electron chi connectivity index (χ2n) is 14.5. The highest BCUT2D eigenvalue weighted by atomic mass is 19.1. The molecule has 3 fully saturated rings. The number of rotatable bonds is 8. The van der Waals surface area contributed by atoms with Gasteiger partial charge in [-0.3, -0.25) is 0 Å². The van der Waals surface area contributed by atoms with Crippen molar-refractivity contribution in [1.82, 2.24) is 24.5 Å². The molecule has 2 aliphatic heterocycles. The summed E-state index contributed by atoms with van der Waals surface area (Å²) in [6.45, 7) is 13.0. The number of carbonyl (C=O) groups is 1. The Morgan fingerprint density at radius 1 is 1.06 bits per heavy atom. The number of halogens is 3. The second kappa shape index (κ2) is 16.1. The van der Waals surface area contributed by atoms with Gasteiger partial charge in [0.25, 0.3) is 0 Å². The number of alkyl halides is 1. The first-order valence-electron chi connectivity index (χ1n) is 18.7. The predicted octanol–water partition coefficient (Wildman–Crippen LogP) is 6.67. The van der Waals surface area contributed by atoms with Crippen molar-refractivity contribution in [1.29, 1.82) is 0 Å². The van der Waals surface area contributed by atoms with Crippen molar-refractivity contribution < 1.29 is 37.7 Å². The van der Waals surface area contributed by atoms with E-state index in [1.807, 2.05) is 32.5 Å². The van der Waals surface area contributed by atoms with Gasteiger partial charge in [0.15, 0.2) is 5.82 Å². The third-order valence-electron chi connectivity index (χ3n) is 10.4. The average molecular weight is 751 g/mol. The number of hydrogen-bond donors (Lipinski definition) is 2. The number of piperidine rings is 1. The van der Waals surface area contributed by atoms with Crippen molar-refractivity contribution in [2.75, 3.05) is 57.4 Å². The van der Waals surface area contributed by atoms with Crippen LogP contribution in [0.15, 0.2) is 36.5 Å². The Morgan fingerprint density at radius 2 is 1.80 bits per heavy atom. The van der Waals surface area contributed by atoms with Crippen LogP contribution in [0, 0.1) is 17.0 Å². The lowest BCUT2D eigenvalue weighted by Gasteiger charge is -2.32. The first kappa shape index (κ1) is 39.2. The van der Waals surface area contributed by atoms with E-state index in [4.69, 9.17) is 19.3 Å². The van der Waals surface area contributed by atoms with Gasteiger partial charge in [0.1, 0.15) is 47.2 Å². The van der Waals surface area contributed by atoms with Crippen molar-refractivity contribution in [2.24, 2.45) is 5.41 Å². The molecule has 3 aliphatic rings. The van der Waals surface area contributed by atoms with Gasteiger partial charge >= 0.3 is 6.01 Å². The van der Waals surface area contributed by atoms with Gasteiger partial charge in [-0.25, -0.2) is 17.7 Å². The molecule has 1 aliphatic carbocycles. The quantitative estimate of drug-likeness (QED) is 0.178. The summed E-state index contributed by atoms with van der Waals surface area (Å²) in [6.07, 6.45) is 4.09. The number of fused-ring (bicyclic) bond motifs is 4. The number of phenolic OH excluding ortho intramolecular Hbond substituents is 1. The zero-order valence-corrected chi connectivity index (χ0v) is 31.4. The molecule has 0 amide bonds. The number of β-amino-alcohol motifs (C(OH)–C–C–N with tert-alkyl or cyclic N) is 1. The summed E-state index contributed by atoms with van der Waals surface area (Å²) in [4.78, 5) is 21.7. The minimum Gasteiger partial charge on any atom is -0.508 e. The number of anilines is 1. The van der Waals surface area contributed by atoms with Crippen molar-refractivity contribution in [2.45, 2.75) is 71.6 Å². The summed E-state index contributed by atoms with van der Waals surface area (Å²) in [5.74, 6) is -0.909. The molecule has 8 rings (SSSR count). The van der Waals surface area contributed by atoms with Gasteiger partial charge in [0.05, 0.1) is 43.5 Å². The molecule has 0 spiro atoms.